The molecule has 1 aromatic heterocycles. The van der Waals surface area contributed by atoms with E-state index in [2.05, 4.69) is 21.0 Å². The number of nitrogens with zero attached hydrogens (tertiary/aromatic N) is 2. The molecule has 5 aliphatic rings. The molecule has 2 saturated heterocycles. The lowest BCUT2D eigenvalue weighted by molar-refractivity contribution is -0.124. The number of nitrogens with one attached hydrogen (secondary N) is 3. The molecule has 7 rings (SSSR count). The summed E-state index contributed by atoms with van der Waals surface area (Å²) in [6.45, 7) is 4.43. The van der Waals surface area contributed by atoms with Crippen LogP contribution in [0.5, 0.6) is 0 Å². The predicted octanol–water partition coefficient (Wildman–Crippen LogP) is 3.72. The van der Waals surface area contributed by atoms with Crippen LogP contribution in [-0.4, -0.2) is 60.0 Å². The Balaban J connectivity index is 1.11. The Morgan fingerprint density at radius 1 is 1.02 bits per heavy atom. The zero-order valence-corrected chi connectivity index (χ0v) is 23.6. The average molecular weight is 562 g/mol. The lowest BCUT2D eigenvalue weighted by Gasteiger charge is -2.31. The normalized spacial score (nSPS) is 22.8. The lowest BCUT2D eigenvalue weighted by Crippen LogP contribution is -2.50. The van der Waals surface area contributed by atoms with Crippen molar-refractivity contribution in [2.75, 3.05) is 37.1 Å². The third kappa shape index (κ3) is 4.95. The van der Waals surface area contributed by atoms with E-state index in [0.717, 1.165) is 55.5 Å². The first kappa shape index (κ1) is 26.6. The van der Waals surface area contributed by atoms with E-state index in [1.165, 1.54) is 0 Å². The number of fused-ring (bicyclic) bond motifs is 2. The summed E-state index contributed by atoms with van der Waals surface area (Å²) >= 11 is 0. The second-order valence-corrected chi connectivity index (χ2v) is 12.5. The van der Waals surface area contributed by atoms with Crippen LogP contribution in [0.3, 0.4) is 0 Å². The van der Waals surface area contributed by atoms with Gasteiger partial charge < -0.3 is 25.4 Å². The molecule has 3 aliphatic heterocycles. The first-order valence-electron chi connectivity index (χ1n) is 15.2. The second-order valence-electron chi connectivity index (χ2n) is 12.5. The van der Waals surface area contributed by atoms with E-state index >= 15 is 0 Å². The molecule has 10 nitrogen and oxygen atoms in total. The molecule has 41 heavy (non-hydrogen) atoms. The van der Waals surface area contributed by atoms with Crippen LogP contribution in [-0.2, 0) is 24.5 Å². The monoisotopic (exact) mass is 561 g/mol. The highest BCUT2D eigenvalue weighted by molar-refractivity contribution is 6.07. The van der Waals surface area contributed by atoms with Gasteiger partial charge in [0.25, 0.3) is 5.91 Å². The van der Waals surface area contributed by atoms with E-state index in [9.17, 15) is 14.4 Å². The van der Waals surface area contributed by atoms with Crippen molar-refractivity contribution in [1.29, 1.82) is 0 Å². The SMILES string of the molecule is Cc1c(C(=O)N[C@H](C(=O)Nc2ccc3c(c2)NC(=O)C32CCOCC2)C(C2CC2)C2CC2)cnn1C1CCOCC1. The maximum Gasteiger partial charge on any atom is 0.255 e. The van der Waals surface area contributed by atoms with E-state index in [4.69, 9.17) is 9.47 Å². The van der Waals surface area contributed by atoms with Crippen molar-refractivity contribution in [3.63, 3.8) is 0 Å². The Labute approximate surface area is 239 Å². The summed E-state index contributed by atoms with van der Waals surface area (Å²) in [5, 5.41) is 13.8. The van der Waals surface area contributed by atoms with Crippen LogP contribution in [0.4, 0.5) is 11.4 Å². The molecule has 3 N–H and O–H groups in total. The number of benzene rings is 1. The summed E-state index contributed by atoms with van der Waals surface area (Å²) in [5.74, 6) is 0.569. The van der Waals surface area contributed by atoms with Gasteiger partial charge in [-0.3, -0.25) is 19.1 Å². The molecule has 1 atom stereocenters. The van der Waals surface area contributed by atoms with Crippen LogP contribution in [0.1, 0.15) is 79.0 Å². The van der Waals surface area contributed by atoms with E-state index in [0.29, 0.717) is 62.4 Å². The van der Waals surface area contributed by atoms with Crippen molar-refractivity contribution in [1.82, 2.24) is 15.1 Å². The summed E-state index contributed by atoms with van der Waals surface area (Å²) in [6.07, 6.45) is 9.06. The van der Waals surface area contributed by atoms with Crippen molar-refractivity contribution in [3.8, 4) is 0 Å². The minimum atomic E-state index is -0.641. The van der Waals surface area contributed by atoms with Crippen molar-refractivity contribution < 1.29 is 23.9 Å². The Morgan fingerprint density at radius 3 is 2.39 bits per heavy atom. The molecule has 2 aliphatic carbocycles. The Kier molecular flexibility index (Phi) is 6.85. The fourth-order valence-electron chi connectivity index (χ4n) is 7.33. The number of hydrogen-bond donors (Lipinski definition) is 3. The van der Waals surface area contributed by atoms with Gasteiger partial charge in [-0.2, -0.15) is 5.10 Å². The van der Waals surface area contributed by atoms with Crippen LogP contribution >= 0.6 is 0 Å². The summed E-state index contributed by atoms with van der Waals surface area (Å²) in [6, 6.07) is 5.25. The van der Waals surface area contributed by atoms with Gasteiger partial charge >= 0.3 is 0 Å². The molecule has 1 aromatic carbocycles. The zero-order valence-electron chi connectivity index (χ0n) is 23.6. The second kappa shape index (κ2) is 10.5. The van der Waals surface area contributed by atoms with Gasteiger partial charge in [0.2, 0.25) is 11.8 Å². The largest absolute Gasteiger partial charge is 0.381 e. The van der Waals surface area contributed by atoms with E-state index in [1.54, 1.807) is 6.20 Å². The fraction of sp³-hybridized carbons (Fsp3) is 0.613. The van der Waals surface area contributed by atoms with Gasteiger partial charge in [0.15, 0.2) is 0 Å². The van der Waals surface area contributed by atoms with Gasteiger partial charge in [0, 0.05) is 43.5 Å². The molecule has 4 heterocycles. The van der Waals surface area contributed by atoms with E-state index in [1.807, 2.05) is 29.8 Å². The van der Waals surface area contributed by atoms with Gasteiger partial charge in [-0.25, -0.2) is 0 Å². The molecule has 0 bridgehead atoms. The molecule has 3 amide bonds. The number of rotatable bonds is 8. The van der Waals surface area contributed by atoms with Crippen LogP contribution in [0.2, 0.25) is 0 Å². The fourth-order valence-corrected chi connectivity index (χ4v) is 7.33. The van der Waals surface area contributed by atoms with Crippen molar-refractivity contribution in [3.05, 3.63) is 41.2 Å². The molecule has 2 aromatic rings. The number of anilines is 2. The van der Waals surface area contributed by atoms with Gasteiger partial charge in [0.05, 0.1) is 23.2 Å². The van der Waals surface area contributed by atoms with Gasteiger partial charge in [-0.1, -0.05) is 6.07 Å². The third-order valence-corrected chi connectivity index (χ3v) is 9.94. The highest BCUT2D eigenvalue weighted by Crippen LogP contribution is 2.51. The Bertz CT molecular complexity index is 1340. The van der Waals surface area contributed by atoms with Crippen molar-refractivity contribution in [2.24, 2.45) is 17.8 Å². The summed E-state index contributed by atoms with van der Waals surface area (Å²) in [4.78, 5) is 40.5. The minimum Gasteiger partial charge on any atom is -0.381 e. The number of carbonyl (C=O) groups excluding carboxylic acids is 3. The Hall–Kier alpha value is -3.24. The molecule has 0 unspecified atom stereocenters. The predicted molar refractivity (Wildman–Crippen MR) is 152 cm³/mol. The highest BCUT2D eigenvalue weighted by atomic mass is 16.5. The maximum absolute atomic E-state index is 13.9. The smallest absolute Gasteiger partial charge is 0.255 e. The molecule has 218 valence electrons. The maximum atomic E-state index is 13.9. The molecule has 1 spiro atoms. The number of ether oxygens (including phenoxy) is 2. The molecule has 4 fully saturated rings. The van der Waals surface area contributed by atoms with Crippen LogP contribution in [0.15, 0.2) is 24.4 Å². The molecular formula is C31H39N5O5. The topological polar surface area (TPSA) is 124 Å². The number of carbonyl (C=O) groups is 3. The minimum absolute atomic E-state index is 0.00335. The molecule has 2 saturated carbocycles. The number of amides is 3. The summed E-state index contributed by atoms with van der Waals surface area (Å²) in [5.41, 5.74) is 3.11. The zero-order chi connectivity index (χ0) is 28.1. The van der Waals surface area contributed by atoms with Crippen molar-refractivity contribution >= 4 is 29.1 Å². The van der Waals surface area contributed by atoms with Crippen molar-refractivity contribution in [2.45, 2.75) is 75.8 Å². The van der Waals surface area contributed by atoms with Crippen LogP contribution < -0.4 is 16.0 Å². The molecular weight excluding hydrogens is 522 g/mol. The van der Waals surface area contributed by atoms with Gasteiger partial charge in [-0.15, -0.1) is 0 Å². The summed E-state index contributed by atoms with van der Waals surface area (Å²) in [7, 11) is 0. The molecule has 0 radical (unpaired) electrons. The lowest BCUT2D eigenvalue weighted by atomic mass is 9.75. The highest BCUT2D eigenvalue weighted by Gasteiger charge is 2.49. The first-order chi connectivity index (χ1) is 19.9. The standard InChI is InChI=1S/C31H39N5O5/c1-18-23(17-32-36(18)22-8-12-40-13-9-22)28(37)35-27(26(19-2-3-19)20-4-5-20)29(38)33-21-6-7-24-25(16-21)34-30(39)31(24)10-14-41-15-11-31/h6-7,16-17,19-20,22,26-27H,2-5,8-15H2,1H3,(H,33,38)(H,34,39)(H,35,37)/t27-/m0/s1. The Morgan fingerprint density at radius 2 is 1.71 bits per heavy atom. The number of hydrogen-bond acceptors (Lipinski definition) is 6. The number of aromatic nitrogens is 2. The quantitative estimate of drug-likeness (QED) is 0.452. The molecule has 10 heteroatoms. The van der Waals surface area contributed by atoms with Gasteiger partial charge in [0.1, 0.15) is 6.04 Å². The third-order valence-electron chi connectivity index (χ3n) is 9.94. The first-order valence-corrected chi connectivity index (χ1v) is 15.2. The van der Waals surface area contributed by atoms with Crippen LogP contribution in [0.25, 0.3) is 0 Å². The van der Waals surface area contributed by atoms with E-state index in [-0.39, 0.29) is 29.7 Å². The average Bonchev–Trinajstić information content (AvgIpc) is 3.92. The summed E-state index contributed by atoms with van der Waals surface area (Å²) < 4.78 is 12.9. The van der Waals surface area contributed by atoms with Crippen LogP contribution in [0, 0.1) is 24.7 Å². The van der Waals surface area contributed by atoms with E-state index < -0.39 is 11.5 Å². The van der Waals surface area contributed by atoms with Gasteiger partial charge in [-0.05, 0) is 93.7 Å².